The molecular formula is C12H30N2O2Si. The summed E-state index contributed by atoms with van der Waals surface area (Å²) in [7, 11) is -2.46. The van der Waals surface area contributed by atoms with Gasteiger partial charge >= 0.3 is 8.88 Å². The largest absolute Gasteiger partial charge is 0.517 e. The van der Waals surface area contributed by atoms with Crippen molar-refractivity contribution in [3.8, 4) is 0 Å². The Morgan fingerprint density at radius 3 is 1.41 bits per heavy atom. The van der Waals surface area contributed by atoms with Crippen LogP contribution in [0.2, 0.25) is 0 Å². The first-order valence-corrected chi connectivity index (χ1v) is 8.68. The Kier molecular flexibility index (Phi) is 9.08. The lowest BCUT2D eigenvalue weighted by molar-refractivity contribution is 0.150. The Balaban J connectivity index is 4.70. The van der Waals surface area contributed by atoms with Crippen molar-refractivity contribution in [3.05, 3.63) is 0 Å². The van der Waals surface area contributed by atoms with Gasteiger partial charge in [0.25, 0.3) is 0 Å². The monoisotopic (exact) mass is 262 g/mol. The average molecular weight is 262 g/mol. The summed E-state index contributed by atoms with van der Waals surface area (Å²) in [6.07, 6.45) is 2.13. The number of rotatable bonds is 10. The molecule has 0 aliphatic rings. The van der Waals surface area contributed by atoms with E-state index in [4.69, 9.17) is 8.85 Å². The lowest BCUT2D eigenvalue weighted by atomic mass is 10.3. The topological polar surface area (TPSA) is 42.5 Å². The first-order chi connectivity index (χ1) is 8.03. The summed E-state index contributed by atoms with van der Waals surface area (Å²) in [5.41, 5.74) is 0. The van der Waals surface area contributed by atoms with Crippen LogP contribution in [0.5, 0.6) is 0 Å². The van der Waals surface area contributed by atoms with Crippen molar-refractivity contribution in [1.29, 1.82) is 0 Å². The molecule has 0 fully saturated rings. The fraction of sp³-hybridized carbons (Fsp3) is 1.00. The molecule has 2 unspecified atom stereocenters. The van der Waals surface area contributed by atoms with Crippen molar-refractivity contribution < 1.29 is 8.85 Å². The van der Waals surface area contributed by atoms with Crippen molar-refractivity contribution in [3.63, 3.8) is 0 Å². The average Bonchev–Trinajstić information content (AvgIpc) is 2.29. The lowest BCUT2D eigenvalue weighted by Gasteiger charge is -2.34. The molecule has 0 bridgehead atoms. The molecule has 0 heterocycles. The zero-order chi connectivity index (χ0) is 13.3. The number of hydrogen-bond donors (Lipinski definition) is 2. The maximum atomic E-state index is 5.91. The highest BCUT2D eigenvalue weighted by molar-refractivity contribution is 6.62. The van der Waals surface area contributed by atoms with Gasteiger partial charge in [-0.3, -0.25) is 9.96 Å². The summed E-state index contributed by atoms with van der Waals surface area (Å²) >= 11 is 0. The van der Waals surface area contributed by atoms with Gasteiger partial charge in [0.15, 0.2) is 0 Å². The standard InChI is InChI=1S/C12H30N2O2Si/c1-7-11(5)13-17(15-9-3,16-10-4)14-12(6)8-2/h11-14H,7-10H2,1-6H3. The predicted octanol–water partition coefficient (Wildman–Crippen LogP) is 2.27. The van der Waals surface area contributed by atoms with E-state index in [-0.39, 0.29) is 0 Å². The summed E-state index contributed by atoms with van der Waals surface area (Å²) in [4.78, 5) is 7.06. The molecular weight excluding hydrogens is 232 g/mol. The molecule has 0 saturated carbocycles. The Morgan fingerprint density at radius 1 is 0.824 bits per heavy atom. The van der Waals surface area contributed by atoms with Crippen LogP contribution >= 0.6 is 0 Å². The van der Waals surface area contributed by atoms with Gasteiger partial charge in [-0.1, -0.05) is 27.7 Å². The van der Waals surface area contributed by atoms with Crippen LogP contribution in [0.3, 0.4) is 0 Å². The third kappa shape index (κ3) is 6.52. The van der Waals surface area contributed by atoms with Crippen LogP contribution < -0.4 is 9.96 Å². The van der Waals surface area contributed by atoms with Gasteiger partial charge in [0.05, 0.1) is 0 Å². The van der Waals surface area contributed by atoms with Crippen LogP contribution in [-0.2, 0) is 8.85 Å². The molecule has 4 nitrogen and oxygen atoms in total. The van der Waals surface area contributed by atoms with Gasteiger partial charge in [-0.2, -0.15) is 0 Å². The maximum absolute atomic E-state index is 5.91. The van der Waals surface area contributed by atoms with Crippen LogP contribution in [-0.4, -0.2) is 34.2 Å². The Bertz CT molecular complexity index is 173. The highest BCUT2D eigenvalue weighted by Gasteiger charge is 2.41. The van der Waals surface area contributed by atoms with Gasteiger partial charge in [-0.15, -0.1) is 0 Å². The van der Waals surface area contributed by atoms with Crippen molar-refractivity contribution >= 4 is 8.88 Å². The van der Waals surface area contributed by atoms with Crippen LogP contribution in [0.15, 0.2) is 0 Å². The van der Waals surface area contributed by atoms with E-state index in [2.05, 4.69) is 37.7 Å². The molecule has 2 N–H and O–H groups in total. The fourth-order valence-electron chi connectivity index (χ4n) is 1.51. The second-order valence-electron chi connectivity index (χ2n) is 4.39. The number of nitrogens with one attached hydrogen (secondary N) is 2. The van der Waals surface area contributed by atoms with E-state index in [1.54, 1.807) is 0 Å². The zero-order valence-electron chi connectivity index (χ0n) is 12.3. The highest BCUT2D eigenvalue weighted by atomic mass is 28.4. The van der Waals surface area contributed by atoms with Crippen LogP contribution in [0.1, 0.15) is 54.4 Å². The summed E-state index contributed by atoms with van der Waals surface area (Å²) in [5.74, 6) is 0. The Hall–Kier alpha value is 0.0569. The van der Waals surface area contributed by atoms with E-state index in [0.717, 1.165) is 12.8 Å². The molecule has 0 amide bonds. The molecule has 104 valence electrons. The van der Waals surface area contributed by atoms with E-state index in [1.807, 2.05) is 13.8 Å². The Morgan fingerprint density at radius 2 is 1.18 bits per heavy atom. The van der Waals surface area contributed by atoms with Gasteiger partial charge in [0.2, 0.25) is 0 Å². The molecule has 5 heteroatoms. The van der Waals surface area contributed by atoms with Gasteiger partial charge in [0.1, 0.15) is 0 Å². The molecule has 0 saturated heterocycles. The predicted molar refractivity (Wildman–Crippen MR) is 74.8 cm³/mol. The molecule has 0 aromatic carbocycles. The van der Waals surface area contributed by atoms with Crippen molar-refractivity contribution in [2.24, 2.45) is 0 Å². The first kappa shape index (κ1) is 17.1. The van der Waals surface area contributed by atoms with E-state index in [0.29, 0.717) is 25.3 Å². The summed E-state index contributed by atoms with van der Waals surface area (Å²) < 4.78 is 11.8. The Labute approximate surface area is 108 Å². The van der Waals surface area contributed by atoms with E-state index in [9.17, 15) is 0 Å². The molecule has 0 radical (unpaired) electrons. The minimum atomic E-state index is -2.46. The minimum Gasteiger partial charge on any atom is -0.371 e. The maximum Gasteiger partial charge on any atom is 0.517 e. The van der Waals surface area contributed by atoms with Gasteiger partial charge in [0, 0.05) is 25.3 Å². The molecule has 0 aliphatic carbocycles. The normalized spacial score (nSPS) is 15.9. The van der Waals surface area contributed by atoms with E-state index in [1.165, 1.54) is 0 Å². The van der Waals surface area contributed by atoms with E-state index >= 15 is 0 Å². The molecule has 0 aromatic heterocycles. The molecule has 0 aliphatic heterocycles. The minimum absolute atomic E-state index is 0.399. The van der Waals surface area contributed by atoms with Gasteiger partial charge in [-0.25, -0.2) is 0 Å². The molecule has 0 rings (SSSR count). The quantitative estimate of drug-likeness (QED) is 0.593. The third-order valence-corrected chi connectivity index (χ3v) is 5.93. The van der Waals surface area contributed by atoms with Crippen LogP contribution in [0.4, 0.5) is 0 Å². The van der Waals surface area contributed by atoms with Crippen LogP contribution in [0.25, 0.3) is 0 Å². The molecule has 17 heavy (non-hydrogen) atoms. The molecule has 0 spiro atoms. The van der Waals surface area contributed by atoms with E-state index < -0.39 is 8.88 Å². The molecule has 0 aromatic rings. The van der Waals surface area contributed by atoms with Crippen molar-refractivity contribution in [2.45, 2.75) is 66.5 Å². The highest BCUT2D eigenvalue weighted by Crippen LogP contribution is 2.06. The summed E-state index contributed by atoms with van der Waals surface area (Å²) in [5, 5.41) is 0. The lowest BCUT2D eigenvalue weighted by Crippen LogP contribution is -2.70. The second kappa shape index (κ2) is 9.05. The van der Waals surface area contributed by atoms with Crippen molar-refractivity contribution in [1.82, 2.24) is 9.96 Å². The van der Waals surface area contributed by atoms with Crippen molar-refractivity contribution in [2.75, 3.05) is 13.2 Å². The second-order valence-corrected chi connectivity index (χ2v) is 6.78. The van der Waals surface area contributed by atoms with Gasteiger partial charge in [-0.05, 0) is 26.7 Å². The fourth-order valence-corrected chi connectivity index (χ4v) is 4.53. The van der Waals surface area contributed by atoms with Crippen LogP contribution in [0, 0.1) is 0 Å². The molecule has 2 atom stereocenters. The summed E-state index contributed by atoms with van der Waals surface area (Å²) in [6, 6.07) is 0.799. The number of hydrogen-bond acceptors (Lipinski definition) is 4. The third-order valence-electron chi connectivity index (χ3n) is 2.79. The summed E-state index contributed by atoms with van der Waals surface area (Å²) in [6.45, 7) is 14.0. The first-order valence-electron chi connectivity index (χ1n) is 6.86. The smallest absolute Gasteiger partial charge is 0.371 e. The van der Waals surface area contributed by atoms with Gasteiger partial charge < -0.3 is 8.85 Å². The SMILES string of the molecule is CCO[Si](NC(C)CC)(NC(C)CC)OCC. The zero-order valence-corrected chi connectivity index (χ0v) is 13.3.